The molecule has 9 heteroatoms. The fourth-order valence-electron chi connectivity index (χ4n) is 3.46. The summed E-state index contributed by atoms with van der Waals surface area (Å²) in [5, 5.41) is 6.88. The van der Waals surface area contributed by atoms with Crippen LogP contribution < -0.4 is 15.4 Å². The number of anilines is 1. The summed E-state index contributed by atoms with van der Waals surface area (Å²) in [5.41, 5.74) is 1.89. The zero-order valence-corrected chi connectivity index (χ0v) is 19.2. The molecule has 1 aromatic carbocycles. The minimum atomic E-state index is -0.381. The van der Waals surface area contributed by atoms with Gasteiger partial charge >= 0.3 is 0 Å². The van der Waals surface area contributed by atoms with Crippen molar-refractivity contribution in [2.24, 2.45) is 0 Å². The number of halogens is 2. The van der Waals surface area contributed by atoms with Crippen LogP contribution in [-0.4, -0.2) is 39.2 Å². The third-order valence-electron chi connectivity index (χ3n) is 4.90. The van der Waals surface area contributed by atoms with E-state index in [0.29, 0.717) is 35.0 Å². The van der Waals surface area contributed by atoms with Crippen molar-refractivity contribution in [2.45, 2.75) is 32.1 Å². The van der Waals surface area contributed by atoms with E-state index in [1.807, 2.05) is 0 Å². The second-order valence-electron chi connectivity index (χ2n) is 6.94. The first-order valence-electron chi connectivity index (χ1n) is 9.72. The fourth-order valence-corrected chi connectivity index (χ4v) is 5.39. The SMILES string of the molecule is COCCCNC(=O)c1c(NC(=O)c2cc(Cl)c(OC)c(Cl)c2)sc2c1CCCC2. The Kier molecular flexibility index (Phi) is 7.99. The van der Waals surface area contributed by atoms with E-state index >= 15 is 0 Å². The van der Waals surface area contributed by atoms with Crippen LogP contribution in [0.3, 0.4) is 0 Å². The van der Waals surface area contributed by atoms with Gasteiger partial charge in [-0.25, -0.2) is 0 Å². The Labute approximate surface area is 189 Å². The molecule has 0 saturated carbocycles. The fraction of sp³-hybridized carbons (Fsp3) is 0.429. The minimum Gasteiger partial charge on any atom is -0.494 e. The molecular formula is C21H24Cl2N2O4S. The molecule has 6 nitrogen and oxygen atoms in total. The Balaban J connectivity index is 1.85. The van der Waals surface area contributed by atoms with Crippen molar-refractivity contribution in [1.29, 1.82) is 0 Å². The average Bonchev–Trinajstić information content (AvgIpc) is 3.08. The van der Waals surface area contributed by atoms with Crippen molar-refractivity contribution in [3.05, 3.63) is 43.7 Å². The van der Waals surface area contributed by atoms with Crippen LogP contribution in [0.2, 0.25) is 10.0 Å². The Morgan fingerprint density at radius 1 is 1.10 bits per heavy atom. The van der Waals surface area contributed by atoms with Crippen molar-refractivity contribution in [2.75, 3.05) is 32.7 Å². The van der Waals surface area contributed by atoms with Crippen LogP contribution in [0.25, 0.3) is 0 Å². The standard InChI is InChI=1S/C21H24Cl2N2O4S/c1-28-9-5-8-24-20(27)17-13-6-3-4-7-16(13)30-21(17)25-19(26)12-10-14(22)18(29-2)15(23)11-12/h10-11H,3-9H2,1-2H3,(H,24,27)(H,25,26). The van der Waals surface area contributed by atoms with Crippen LogP contribution in [0.15, 0.2) is 12.1 Å². The highest BCUT2D eigenvalue weighted by molar-refractivity contribution is 7.17. The molecule has 0 atom stereocenters. The predicted octanol–water partition coefficient (Wildman–Crippen LogP) is 4.96. The number of thiophene rings is 1. The second kappa shape index (κ2) is 10.5. The van der Waals surface area contributed by atoms with Crippen molar-refractivity contribution >= 4 is 51.4 Å². The lowest BCUT2D eigenvalue weighted by atomic mass is 9.95. The Bertz CT molecular complexity index is 922. The molecule has 1 aliphatic rings. The van der Waals surface area contributed by atoms with Gasteiger partial charge in [-0.1, -0.05) is 23.2 Å². The molecule has 1 heterocycles. The van der Waals surface area contributed by atoms with Crippen LogP contribution in [0, 0.1) is 0 Å². The number of ether oxygens (including phenoxy) is 2. The smallest absolute Gasteiger partial charge is 0.256 e. The number of fused-ring (bicyclic) bond motifs is 1. The largest absolute Gasteiger partial charge is 0.494 e. The minimum absolute atomic E-state index is 0.174. The average molecular weight is 471 g/mol. The van der Waals surface area contributed by atoms with Gasteiger partial charge in [0.15, 0.2) is 5.75 Å². The molecule has 0 unspecified atom stereocenters. The van der Waals surface area contributed by atoms with Gasteiger partial charge in [0.05, 0.1) is 22.7 Å². The van der Waals surface area contributed by atoms with E-state index in [-0.39, 0.29) is 21.9 Å². The first-order chi connectivity index (χ1) is 14.5. The monoisotopic (exact) mass is 470 g/mol. The van der Waals surface area contributed by atoms with Gasteiger partial charge in [-0.3, -0.25) is 9.59 Å². The van der Waals surface area contributed by atoms with Crippen LogP contribution in [0.5, 0.6) is 5.75 Å². The van der Waals surface area contributed by atoms with Gasteiger partial charge < -0.3 is 20.1 Å². The third-order valence-corrected chi connectivity index (χ3v) is 6.67. The Morgan fingerprint density at radius 2 is 1.80 bits per heavy atom. The highest BCUT2D eigenvalue weighted by atomic mass is 35.5. The quantitative estimate of drug-likeness (QED) is 0.534. The molecule has 2 amide bonds. The summed E-state index contributed by atoms with van der Waals surface area (Å²) < 4.78 is 10.2. The lowest BCUT2D eigenvalue weighted by Crippen LogP contribution is -2.27. The molecule has 0 bridgehead atoms. The van der Waals surface area contributed by atoms with E-state index < -0.39 is 0 Å². The number of rotatable bonds is 8. The maximum absolute atomic E-state index is 12.9. The molecule has 3 rings (SSSR count). The van der Waals surface area contributed by atoms with E-state index in [0.717, 1.165) is 42.5 Å². The molecule has 30 heavy (non-hydrogen) atoms. The van der Waals surface area contributed by atoms with Crippen LogP contribution in [0.1, 0.15) is 50.4 Å². The third kappa shape index (κ3) is 5.09. The lowest BCUT2D eigenvalue weighted by Gasteiger charge is -2.13. The number of nitrogens with one attached hydrogen (secondary N) is 2. The zero-order valence-electron chi connectivity index (χ0n) is 16.9. The molecule has 0 saturated heterocycles. The molecule has 0 spiro atoms. The summed E-state index contributed by atoms with van der Waals surface area (Å²) >= 11 is 13.8. The number of benzene rings is 1. The summed E-state index contributed by atoms with van der Waals surface area (Å²) in [5.74, 6) is -0.238. The highest BCUT2D eigenvalue weighted by Gasteiger charge is 2.26. The van der Waals surface area contributed by atoms with Gasteiger partial charge in [-0.2, -0.15) is 0 Å². The van der Waals surface area contributed by atoms with Crippen LogP contribution >= 0.6 is 34.5 Å². The summed E-state index contributed by atoms with van der Waals surface area (Å²) in [4.78, 5) is 27.0. The Hall–Kier alpha value is -1.80. The van der Waals surface area contributed by atoms with E-state index in [4.69, 9.17) is 32.7 Å². The molecule has 0 fully saturated rings. The normalized spacial score (nSPS) is 12.9. The van der Waals surface area contributed by atoms with Crippen LogP contribution in [0.4, 0.5) is 5.00 Å². The van der Waals surface area contributed by atoms with E-state index in [1.54, 1.807) is 7.11 Å². The molecule has 2 aromatic rings. The lowest BCUT2D eigenvalue weighted by molar-refractivity contribution is 0.0948. The first-order valence-corrected chi connectivity index (χ1v) is 11.3. The van der Waals surface area contributed by atoms with Crippen molar-refractivity contribution < 1.29 is 19.1 Å². The number of aryl methyl sites for hydroxylation is 1. The summed E-state index contributed by atoms with van der Waals surface area (Å²) in [7, 11) is 3.09. The van der Waals surface area contributed by atoms with Gasteiger partial charge in [0.2, 0.25) is 0 Å². The molecule has 1 aromatic heterocycles. The number of carbonyl (C=O) groups is 2. The van der Waals surface area contributed by atoms with Crippen molar-refractivity contribution in [1.82, 2.24) is 5.32 Å². The summed E-state index contributed by atoms with van der Waals surface area (Å²) in [6.45, 7) is 1.08. The molecular weight excluding hydrogens is 447 g/mol. The molecule has 162 valence electrons. The molecule has 0 aliphatic heterocycles. The number of hydrogen-bond acceptors (Lipinski definition) is 5. The highest BCUT2D eigenvalue weighted by Crippen LogP contribution is 2.39. The maximum Gasteiger partial charge on any atom is 0.256 e. The van der Waals surface area contributed by atoms with Gasteiger partial charge in [0.1, 0.15) is 5.00 Å². The van der Waals surface area contributed by atoms with E-state index in [2.05, 4.69) is 10.6 Å². The second-order valence-corrected chi connectivity index (χ2v) is 8.86. The predicted molar refractivity (Wildman–Crippen MR) is 121 cm³/mol. The summed E-state index contributed by atoms with van der Waals surface area (Å²) in [6, 6.07) is 3.00. The number of hydrogen-bond donors (Lipinski definition) is 2. The number of carbonyl (C=O) groups excluding carboxylic acids is 2. The maximum atomic E-state index is 12.9. The van der Waals surface area contributed by atoms with Gasteiger partial charge in [0, 0.05) is 30.7 Å². The zero-order chi connectivity index (χ0) is 21.7. The summed E-state index contributed by atoms with van der Waals surface area (Å²) in [6.07, 6.45) is 4.59. The number of methoxy groups -OCH3 is 2. The van der Waals surface area contributed by atoms with Gasteiger partial charge in [-0.05, 0) is 49.8 Å². The first kappa shape index (κ1) is 22.9. The molecule has 2 N–H and O–H groups in total. The molecule has 1 aliphatic carbocycles. The number of amides is 2. The van der Waals surface area contributed by atoms with Crippen molar-refractivity contribution in [3.63, 3.8) is 0 Å². The van der Waals surface area contributed by atoms with Crippen LogP contribution in [-0.2, 0) is 17.6 Å². The van der Waals surface area contributed by atoms with Gasteiger partial charge in [0.25, 0.3) is 11.8 Å². The van der Waals surface area contributed by atoms with Crippen molar-refractivity contribution in [3.8, 4) is 5.75 Å². The Morgan fingerprint density at radius 3 is 2.47 bits per heavy atom. The molecule has 0 radical (unpaired) electrons. The van der Waals surface area contributed by atoms with E-state index in [9.17, 15) is 9.59 Å². The van der Waals surface area contributed by atoms with E-state index in [1.165, 1.54) is 30.6 Å². The topological polar surface area (TPSA) is 76.7 Å². The van der Waals surface area contributed by atoms with Gasteiger partial charge in [-0.15, -0.1) is 11.3 Å².